The number of hydrogen-bond acceptors (Lipinski definition) is 4. The molecule has 6 heteroatoms. The minimum atomic E-state index is -2.93. The molecule has 0 atom stereocenters. The second-order valence-corrected chi connectivity index (χ2v) is 5.47. The molecule has 0 amide bonds. The number of ether oxygens (including phenoxy) is 1. The third kappa shape index (κ3) is 3.39. The fraction of sp³-hybridized carbons (Fsp3) is 0.294. The van der Waals surface area contributed by atoms with Crippen LogP contribution in [-0.2, 0) is 0 Å². The van der Waals surface area contributed by atoms with Crippen LogP contribution in [0, 0.1) is 18.3 Å². The van der Waals surface area contributed by atoms with Crippen LogP contribution in [0.25, 0.3) is 0 Å². The molecule has 1 heterocycles. The summed E-state index contributed by atoms with van der Waals surface area (Å²) in [6.45, 7) is -0.999. The maximum Gasteiger partial charge on any atom is 0.387 e. The van der Waals surface area contributed by atoms with Gasteiger partial charge in [-0.2, -0.15) is 14.0 Å². The molecule has 1 aromatic heterocycles. The first-order valence-corrected chi connectivity index (χ1v) is 7.31. The topological polar surface area (TPSA) is 57.9 Å². The Morgan fingerprint density at radius 2 is 2.09 bits per heavy atom. The van der Waals surface area contributed by atoms with Gasteiger partial charge in [0, 0.05) is 17.7 Å². The molecule has 0 spiro atoms. The van der Waals surface area contributed by atoms with Gasteiger partial charge in [-0.3, -0.25) is 0 Å². The van der Waals surface area contributed by atoms with E-state index in [1.807, 2.05) is 37.3 Å². The summed E-state index contributed by atoms with van der Waals surface area (Å²) in [7, 11) is 0. The van der Waals surface area contributed by atoms with E-state index in [4.69, 9.17) is 0 Å². The Morgan fingerprint density at radius 3 is 2.70 bits per heavy atom. The van der Waals surface area contributed by atoms with Crippen molar-refractivity contribution in [2.24, 2.45) is 0 Å². The SMILES string of the molecule is Cc1ccccc1Nc1nc(C2CC2)c(OC(F)F)cc1C#N. The highest BCUT2D eigenvalue weighted by molar-refractivity contribution is 5.66. The summed E-state index contributed by atoms with van der Waals surface area (Å²) in [6.07, 6.45) is 1.78. The number of nitrogens with zero attached hydrogens (tertiary/aromatic N) is 2. The van der Waals surface area contributed by atoms with Crippen molar-refractivity contribution in [2.45, 2.75) is 32.3 Å². The Morgan fingerprint density at radius 1 is 1.35 bits per heavy atom. The van der Waals surface area contributed by atoms with Crippen LogP contribution in [0.4, 0.5) is 20.3 Å². The average Bonchev–Trinajstić information content (AvgIpc) is 3.34. The molecule has 0 unspecified atom stereocenters. The standard InChI is InChI=1S/C17H15F2N3O/c1-10-4-2-3-5-13(10)21-16-12(9-20)8-14(23-17(18)19)15(22-16)11-6-7-11/h2-5,8,11,17H,6-7H2,1H3,(H,21,22). The summed E-state index contributed by atoms with van der Waals surface area (Å²) in [4.78, 5) is 4.40. The fourth-order valence-corrected chi connectivity index (χ4v) is 2.37. The van der Waals surface area contributed by atoms with E-state index in [1.54, 1.807) is 0 Å². The maximum atomic E-state index is 12.6. The Labute approximate surface area is 132 Å². The normalized spacial score (nSPS) is 13.7. The zero-order valence-electron chi connectivity index (χ0n) is 12.5. The predicted octanol–water partition coefficient (Wildman–Crippen LogP) is 4.48. The number of nitrogens with one attached hydrogen (secondary N) is 1. The lowest BCUT2D eigenvalue weighted by atomic mass is 10.1. The first kappa shape index (κ1) is 15.2. The lowest BCUT2D eigenvalue weighted by Crippen LogP contribution is -2.08. The first-order chi connectivity index (χ1) is 11.1. The molecule has 1 aliphatic rings. The van der Waals surface area contributed by atoms with Crippen LogP contribution in [0.1, 0.15) is 35.6 Å². The van der Waals surface area contributed by atoms with Crippen LogP contribution in [-0.4, -0.2) is 11.6 Å². The first-order valence-electron chi connectivity index (χ1n) is 7.31. The Hall–Kier alpha value is -2.68. The van der Waals surface area contributed by atoms with E-state index >= 15 is 0 Å². The van der Waals surface area contributed by atoms with Crippen molar-refractivity contribution in [2.75, 3.05) is 5.32 Å². The summed E-state index contributed by atoms with van der Waals surface area (Å²) in [5, 5.41) is 12.4. The molecule has 4 nitrogen and oxygen atoms in total. The molecule has 2 aromatic rings. The second kappa shape index (κ2) is 6.21. The van der Waals surface area contributed by atoms with Crippen LogP contribution in [0.3, 0.4) is 0 Å². The molecule has 1 fully saturated rings. The molecule has 1 aromatic carbocycles. The molecule has 23 heavy (non-hydrogen) atoms. The highest BCUT2D eigenvalue weighted by Crippen LogP contribution is 2.44. The van der Waals surface area contributed by atoms with Crippen LogP contribution in [0.2, 0.25) is 0 Å². The molecular formula is C17H15F2N3O. The summed E-state index contributed by atoms with van der Waals surface area (Å²) < 4.78 is 29.7. The summed E-state index contributed by atoms with van der Waals surface area (Å²) in [5.41, 5.74) is 2.48. The van der Waals surface area contributed by atoms with E-state index < -0.39 is 6.61 Å². The summed E-state index contributed by atoms with van der Waals surface area (Å²) >= 11 is 0. The number of rotatable bonds is 5. The van der Waals surface area contributed by atoms with Gasteiger partial charge >= 0.3 is 6.61 Å². The van der Waals surface area contributed by atoms with Gasteiger partial charge in [0.05, 0.1) is 11.3 Å². The molecule has 1 aliphatic carbocycles. The van der Waals surface area contributed by atoms with Gasteiger partial charge in [0.2, 0.25) is 0 Å². The number of hydrogen-bond donors (Lipinski definition) is 1. The van der Waals surface area contributed by atoms with Gasteiger partial charge in [-0.15, -0.1) is 0 Å². The zero-order chi connectivity index (χ0) is 16.4. The fourth-order valence-electron chi connectivity index (χ4n) is 2.37. The predicted molar refractivity (Wildman–Crippen MR) is 82.0 cm³/mol. The Kier molecular flexibility index (Phi) is 4.11. The molecule has 3 rings (SSSR count). The van der Waals surface area contributed by atoms with Crippen LogP contribution < -0.4 is 10.1 Å². The third-order valence-electron chi connectivity index (χ3n) is 3.71. The van der Waals surface area contributed by atoms with Gasteiger partial charge in [-0.25, -0.2) is 4.98 Å². The van der Waals surface area contributed by atoms with Gasteiger partial charge in [0.25, 0.3) is 0 Å². The molecule has 0 saturated heterocycles. The molecule has 118 valence electrons. The van der Waals surface area contributed by atoms with E-state index in [9.17, 15) is 14.0 Å². The number of nitriles is 1. The number of halogens is 2. The van der Waals surface area contributed by atoms with Crippen LogP contribution in [0.5, 0.6) is 5.75 Å². The largest absolute Gasteiger partial charge is 0.433 e. The molecule has 1 N–H and O–H groups in total. The minimum absolute atomic E-state index is 0.00520. The van der Waals surface area contributed by atoms with Crippen molar-refractivity contribution in [1.29, 1.82) is 5.26 Å². The lowest BCUT2D eigenvalue weighted by Gasteiger charge is -2.15. The number of aryl methyl sites for hydroxylation is 1. The average molecular weight is 315 g/mol. The summed E-state index contributed by atoms with van der Waals surface area (Å²) in [5.74, 6) is 0.480. The molecular weight excluding hydrogens is 300 g/mol. The van der Waals surface area contributed by atoms with Crippen LogP contribution in [0.15, 0.2) is 30.3 Å². The van der Waals surface area contributed by atoms with Gasteiger partial charge in [0.15, 0.2) is 0 Å². The van der Waals surface area contributed by atoms with Crippen molar-refractivity contribution < 1.29 is 13.5 Å². The van der Waals surface area contributed by atoms with Crippen LogP contribution >= 0.6 is 0 Å². The number of para-hydroxylation sites is 1. The molecule has 1 saturated carbocycles. The van der Waals surface area contributed by atoms with Gasteiger partial charge in [0.1, 0.15) is 17.6 Å². The number of anilines is 2. The monoisotopic (exact) mass is 315 g/mol. The highest BCUT2D eigenvalue weighted by Gasteiger charge is 2.30. The number of benzene rings is 1. The van der Waals surface area contributed by atoms with Crippen molar-refractivity contribution in [3.05, 3.63) is 47.2 Å². The van der Waals surface area contributed by atoms with Gasteiger partial charge < -0.3 is 10.1 Å². The minimum Gasteiger partial charge on any atom is -0.433 e. The third-order valence-corrected chi connectivity index (χ3v) is 3.71. The second-order valence-electron chi connectivity index (χ2n) is 5.47. The van der Waals surface area contributed by atoms with E-state index in [-0.39, 0.29) is 17.2 Å². The summed E-state index contributed by atoms with van der Waals surface area (Å²) in [6, 6.07) is 10.9. The van der Waals surface area contributed by atoms with Crippen molar-refractivity contribution in [1.82, 2.24) is 4.98 Å². The van der Waals surface area contributed by atoms with Crippen molar-refractivity contribution >= 4 is 11.5 Å². The van der Waals surface area contributed by atoms with E-state index in [1.165, 1.54) is 6.07 Å². The Balaban J connectivity index is 2.01. The lowest BCUT2D eigenvalue weighted by molar-refractivity contribution is -0.0507. The smallest absolute Gasteiger partial charge is 0.387 e. The van der Waals surface area contributed by atoms with Gasteiger partial charge in [-0.05, 0) is 31.4 Å². The molecule has 0 bridgehead atoms. The van der Waals surface area contributed by atoms with E-state index in [0.717, 1.165) is 24.1 Å². The number of aromatic nitrogens is 1. The van der Waals surface area contributed by atoms with E-state index in [2.05, 4.69) is 15.0 Å². The van der Waals surface area contributed by atoms with E-state index in [0.29, 0.717) is 11.5 Å². The zero-order valence-corrected chi connectivity index (χ0v) is 12.5. The Bertz CT molecular complexity index is 767. The number of pyridine rings is 1. The quantitative estimate of drug-likeness (QED) is 0.883. The maximum absolute atomic E-state index is 12.6. The number of alkyl halides is 2. The van der Waals surface area contributed by atoms with Crippen molar-refractivity contribution in [3.63, 3.8) is 0 Å². The molecule has 0 radical (unpaired) electrons. The highest BCUT2D eigenvalue weighted by atomic mass is 19.3. The van der Waals surface area contributed by atoms with Gasteiger partial charge in [-0.1, -0.05) is 18.2 Å². The van der Waals surface area contributed by atoms with Crippen molar-refractivity contribution in [3.8, 4) is 11.8 Å². The molecule has 0 aliphatic heterocycles.